The summed E-state index contributed by atoms with van der Waals surface area (Å²) in [6.07, 6.45) is 7.43. The summed E-state index contributed by atoms with van der Waals surface area (Å²) in [7, 11) is 0. The van der Waals surface area contributed by atoms with E-state index >= 15 is 0 Å². The maximum absolute atomic E-state index is 13.0. The van der Waals surface area contributed by atoms with Gasteiger partial charge in [-0.25, -0.2) is 0 Å². The van der Waals surface area contributed by atoms with Crippen molar-refractivity contribution in [2.45, 2.75) is 103 Å². The molecule has 2 aliphatic rings. The maximum Gasteiger partial charge on any atom is 0.309 e. The van der Waals surface area contributed by atoms with Gasteiger partial charge in [-0.15, -0.1) is 0 Å². The van der Waals surface area contributed by atoms with Gasteiger partial charge in [-0.2, -0.15) is 0 Å². The van der Waals surface area contributed by atoms with Gasteiger partial charge >= 0.3 is 11.9 Å². The lowest BCUT2D eigenvalue weighted by Gasteiger charge is -2.43. The molecule has 0 unspecified atom stereocenters. The average Bonchev–Trinajstić information content (AvgIpc) is 2.72. The van der Waals surface area contributed by atoms with E-state index in [-0.39, 0.29) is 42.5 Å². The Morgan fingerprint density at radius 2 is 1.79 bits per heavy atom. The van der Waals surface area contributed by atoms with Gasteiger partial charge in [0.25, 0.3) is 0 Å². The number of carbonyl (C=O) groups excluding carboxylic acids is 1. The number of carboxylic acids is 1. The van der Waals surface area contributed by atoms with E-state index in [2.05, 4.69) is 26.8 Å². The summed E-state index contributed by atoms with van der Waals surface area (Å²) in [6.45, 7) is 6.22. The SMILES string of the molecule is CCCC(CCC)C(=O)O[C@H]1C[C@H](O)C=C2C=C[C@H](C)[C@H](CC[C@@H](O)C[C@@H](O)CC(=O)O)[C@H]21. The molecular weight excluding hydrogens is 424 g/mol. The number of carbonyl (C=O) groups is 2. The molecule has 33 heavy (non-hydrogen) atoms. The number of ether oxygens (including phenoxy) is 1. The minimum absolute atomic E-state index is 0.0173. The van der Waals surface area contributed by atoms with Crippen molar-refractivity contribution < 1.29 is 34.8 Å². The van der Waals surface area contributed by atoms with Crippen molar-refractivity contribution in [3.8, 4) is 0 Å². The Kier molecular flexibility index (Phi) is 11.1. The van der Waals surface area contributed by atoms with Crippen LogP contribution in [0.3, 0.4) is 0 Å². The third-order valence-electron chi connectivity index (χ3n) is 7.04. The van der Waals surface area contributed by atoms with Crippen molar-refractivity contribution in [2.24, 2.45) is 23.7 Å². The van der Waals surface area contributed by atoms with Gasteiger partial charge in [-0.05, 0) is 49.5 Å². The lowest BCUT2D eigenvalue weighted by atomic mass is 9.66. The molecule has 7 atom stereocenters. The van der Waals surface area contributed by atoms with Crippen LogP contribution in [0.15, 0.2) is 23.8 Å². The number of rotatable bonds is 13. The highest BCUT2D eigenvalue weighted by molar-refractivity contribution is 5.72. The van der Waals surface area contributed by atoms with Crippen LogP contribution in [-0.2, 0) is 14.3 Å². The Bertz CT molecular complexity index is 695. The predicted octanol–water partition coefficient (Wildman–Crippen LogP) is 3.61. The summed E-state index contributed by atoms with van der Waals surface area (Å²) in [5.41, 5.74) is 0.970. The number of aliphatic hydroxyl groups is 3. The lowest BCUT2D eigenvalue weighted by Crippen LogP contribution is -2.43. The van der Waals surface area contributed by atoms with E-state index in [0.29, 0.717) is 19.3 Å². The van der Waals surface area contributed by atoms with Crippen molar-refractivity contribution >= 4 is 11.9 Å². The van der Waals surface area contributed by atoms with Crippen LogP contribution in [0.4, 0.5) is 0 Å². The molecule has 0 aromatic carbocycles. The van der Waals surface area contributed by atoms with Crippen molar-refractivity contribution in [2.75, 3.05) is 0 Å². The molecular formula is C26H42O7. The van der Waals surface area contributed by atoms with E-state index in [1.54, 1.807) is 0 Å². The zero-order valence-electron chi connectivity index (χ0n) is 20.2. The van der Waals surface area contributed by atoms with Gasteiger partial charge in [0.1, 0.15) is 6.10 Å². The molecule has 0 amide bonds. The van der Waals surface area contributed by atoms with Gasteiger partial charge < -0.3 is 25.2 Å². The second-order valence-electron chi connectivity index (χ2n) is 9.85. The standard InChI is InChI=1S/C26H42O7/c1-4-6-17(7-5-2)26(32)33-23-14-20(28)12-18-9-8-16(3)22(25(18)23)11-10-19(27)13-21(29)15-24(30)31/h8-9,12,16-17,19-23,25,27-29H,4-7,10-11,13-15H2,1-3H3,(H,30,31)/t16-,19+,20+,21+,22-,23-,25-/m0/s1. The number of aliphatic hydroxyl groups excluding tert-OH is 3. The Morgan fingerprint density at radius 1 is 1.12 bits per heavy atom. The van der Waals surface area contributed by atoms with Gasteiger partial charge in [-0.3, -0.25) is 9.59 Å². The van der Waals surface area contributed by atoms with Crippen LogP contribution in [0.25, 0.3) is 0 Å². The quantitative estimate of drug-likeness (QED) is 0.306. The highest BCUT2D eigenvalue weighted by Crippen LogP contribution is 2.44. The van der Waals surface area contributed by atoms with Gasteiger partial charge in [0.2, 0.25) is 0 Å². The molecule has 7 nitrogen and oxygen atoms in total. The van der Waals surface area contributed by atoms with E-state index in [4.69, 9.17) is 9.84 Å². The van der Waals surface area contributed by atoms with E-state index in [1.165, 1.54) is 0 Å². The number of hydrogen-bond donors (Lipinski definition) is 4. The molecule has 0 aromatic rings. The van der Waals surface area contributed by atoms with Crippen LogP contribution < -0.4 is 0 Å². The third-order valence-corrected chi connectivity index (χ3v) is 7.04. The van der Waals surface area contributed by atoms with Crippen LogP contribution in [-0.4, -0.2) is 56.8 Å². The fourth-order valence-electron chi connectivity index (χ4n) is 5.41. The molecule has 0 fully saturated rings. The molecule has 4 N–H and O–H groups in total. The van der Waals surface area contributed by atoms with E-state index in [9.17, 15) is 24.9 Å². The molecule has 0 radical (unpaired) electrons. The number of hydrogen-bond acceptors (Lipinski definition) is 6. The van der Waals surface area contributed by atoms with E-state index in [1.807, 2.05) is 12.2 Å². The molecule has 0 heterocycles. The number of fused-ring (bicyclic) bond motifs is 1. The number of allylic oxidation sites excluding steroid dienone is 2. The first-order chi connectivity index (χ1) is 15.7. The fraction of sp³-hybridized carbons (Fsp3) is 0.769. The maximum atomic E-state index is 13.0. The summed E-state index contributed by atoms with van der Waals surface area (Å²) < 4.78 is 6.05. The fourth-order valence-corrected chi connectivity index (χ4v) is 5.41. The average molecular weight is 467 g/mol. The molecule has 0 aromatic heterocycles. The number of aliphatic carboxylic acids is 1. The second kappa shape index (κ2) is 13.3. The Labute approximate surface area is 197 Å². The summed E-state index contributed by atoms with van der Waals surface area (Å²) in [4.78, 5) is 23.7. The van der Waals surface area contributed by atoms with Gasteiger partial charge in [-0.1, -0.05) is 51.8 Å². The first kappa shape index (κ1) is 27.5. The smallest absolute Gasteiger partial charge is 0.309 e. The molecule has 188 valence electrons. The lowest BCUT2D eigenvalue weighted by molar-refractivity contribution is -0.160. The highest BCUT2D eigenvalue weighted by Gasteiger charge is 2.42. The molecule has 0 bridgehead atoms. The molecule has 2 aliphatic carbocycles. The minimum atomic E-state index is -1.09. The highest BCUT2D eigenvalue weighted by atomic mass is 16.5. The normalized spacial score (nSPS) is 28.7. The number of carboxylic acid groups (broad SMARTS) is 1. The molecule has 7 heteroatoms. The van der Waals surface area contributed by atoms with Crippen molar-refractivity contribution in [3.05, 3.63) is 23.8 Å². The monoisotopic (exact) mass is 466 g/mol. The van der Waals surface area contributed by atoms with Crippen molar-refractivity contribution in [1.29, 1.82) is 0 Å². The van der Waals surface area contributed by atoms with Crippen LogP contribution in [0.2, 0.25) is 0 Å². The van der Waals surface area contributed by atoms with Gasteiger partial charge in [0.05, 0.1) is 30.7 Å². The Morgan fingerprint density at radius 3 is 2.39 bits per heavy atom. The zero-order valence-corrected chi connectivity index (χ0v) is 20.2. The topological polar surface area (TPSA) is 124 Å². The van der Waals surface area contributed by atoms with Crippen LogP contribution in [0.1, 0.15) is 78.6 Å². The van der Waals surface area contributed by atoms with E-state index < -0.39 is 30.4 Å². The first-order valence-electron chi connectivity index (χ1n) is 12.5. The molecule has 0 saturated heterocycles. The Balaban J connectivity index is 2.11. The first-order valence-corrected chi connectivity index (χ1v) is 12.5. The number of esters is 1. The molecule has 0 saturated carbocycles. The van der Waals surface area contributed by atoms with E-state index in [0.717, 1.165) is 31.3 Å². The van der Waals surface area contributed by atoms with Gasteiger partial charge in [0.15, 0.2) is 0 Å². The minimum Gasteiger partial charge on any atom is -0.481 e. The second-order valence-corrected chi connectivity index (χ2v) is 9.85. The molecule has 2 rings (SSSR count). The zero-order chi connectivity index (χ0) is 24.5. The summed E-state index contributed by atoms with van der Waals surface area (Å²) >= 11 is 0. The van der Waals surface area contributed by atoms with Crippen LogP contribution in [0.5, 0.6) is 0 Å². The largest absolute Gasteiger partial charge is 0.481 e. The van der Waals surface area contributed by atoms with Crippen LogP contribution >= 0.6 is 0 Å². The Hall–Kier alpha value is -1.70. The summed E-state index contributed by atoms with van der Waals surface area (Å²) in [5, 5.41) is 39.4. The van der Waals surface area contributed by atoms with Crippen molar-refractivity contribution in [1.82, 2.24) is 0 Å². The van der Waals surface area contributed by atoms with Crippen LogP contribution in [0, 0.1) is 23.7 Å². The third kappa shape index (κ3) is 8.23. The van der Waals surface area contributed by atoms with Gasteiger partial charge in [0, 0.05) is 12.3 Å². The molecule has 0 spiro atoms. The van der Waals surface area contributed by atoms with Crippen molar-refractivity contribution in [3.63, 3.8) is 0 Å². The predicted molar refractivity (Wildman–Crippen MR) is 125 cm³/mol. The summed E-state index contributed by atoms with van der Waals surface area (Å²) in [5.74, 6) is -1.16. The summed E-state index contributed by atoms with van der Waals surface area (Å²) in [6, 6.07) is 0. The molecule has 0 aliphatic heterocycles.